The van der Waals surface area contributed by atoms with E-state index in [1.807, 2.05) is 25.0 Å². The number of thiocyanates is 1. The summed E-state index contributed by atoms with van der Waals surface area (Å²) in [5.41, 5.74) is -2.44. The number of carbonyl (C=O) groups excluding carboxylic acids is 5. The molecule has 1 fully saturated rings. The molecule has 0 spiro atoms. The lowest BCUT2D eigenvalue weighted by Crippen LogP contribution is -2.53. The number of hydrogen-bond donors (Lipinski definition) is 3. The van der Waals surface area contributed by atoms with E-state index in [9.17, 15) is 32.4 Å². The number of nitrogens with zero attached hydrogens (tertiary/aromatic N) is 5. The number of thioether (sulfide) groups is 1. The molecule has 0 bridgehead atoms. The van der Waals surface area contributed by atoms with Crippen LogP contribution in [0.25, 0.3) is 0 Å². The molecule has 3 N–H and O–H groups in total. The lowest BCUT2D eigenvalue weighted by molar-refractivity contribution is -0.163. The smallest absolute Gasteiger partial charge is 0.323 e. The first-order valence-electron chi connectivity index (χ1n) is 22.8. The zero-order valence-electron chi connectivity index (χ0n) is 42.2. The van der Waals surface area contributed by atoms with Gasteiger partial charge in [0, 0.05) is 75.9 Å². The second kappa shape index (κ2) is 27.3. The Morgan fingerprint density at radius 2 is 1.10 bits per heavy atom. The molecule has 384 valence electrons. The molecule has 1 atom stereocenters. The molecule has 68 heavy (non-hydrogen) atoms. The molecule has 2 rings (SSSR count). The molecule has 0 radical (unpaired) electrons. The number of rotatable bonds is 18. The van der Waals surface area contributed by atoms with Crippen LogP contribution in [0, 0.1) is 10.7 Å². The summed E-state index contributed by atoms with van der Waals surface area (Å²) in [5.74, 6) is -3.17. The number of carbonyl (C=O) groups is 5. The minimum Gasteiger partial charge on any atom is -0.459 e. The summed E-state index contributed by atoms with van der Waals surface area (Å²) in [6, 6.07) is 6.00. The fourth-order valence-corrected chi connectivity index (χ4v) is 8.34. The van der Waals surface area contributed by atoms with Gasteiger partial charge in [-0.3, -0.25) is 48.3 Å². The van der Waals surface area contributed by atoms with Crippen molar-refractivity contribution in [2.45, 2.75) is 136 Å². The molecule has 1 aromatic carbocycles. The van der Waals surface area contributed by atoms with Crippen LogP contribution in [-0.4, -0.2) is 176 Å². The van der Waals surface area contributed by atoms with E-state index in [0.717, 1.165) is 16.7 Å². The number of nitrogens with one attached hydrogen (secondary N) is 3. The quantitative estimate of drug-likeness (QED) is 0.0469. The third-order valence-electron chi connectivity index (χ3n) is 9.37. The topological polar surface area (TPSA) is 229 Å². The number of thiocarbonyl (C=S) groups is 1. The molecule has 1 aromatic rings. The first kappa shape index (κ1) is 60.0. The van der Waals surface area contributed by atoms with E-state index >= 15 is 0 Å². The highest BCUT2D eigenvalue weighted by molar-refractivity contribution is 8.03. The summed E-state index contributed by atoms with van der Waals surface area (Å²) in [4.78, 5) is 75.3. The van der Waals surface area contributed by atoms with E-state index in [1.54, 1.807) is 107 Å². The Kier molecular flexibility index (Phi) is 24.1. The second-order valence-electron chi connectivity index (χ2n) is 20.5. The zero-order valence-corrected chi connectivity index (χ0v) is 44.6. The molecule has 0 aromatic heterocycles. The minimum atomic E-state index is -4.08. The van der Waals surface area contributed by atoms with Crippen LogP contribution in [0.1, 0.15) is 102 Å². The number of nitriles is 1. The Balaban J connectivity index is 2.34. The highest BCUT2D eigenvalue weighted by Gasteiger charge is 2.33. The van der Waals surface area contributed by atoms with E-state index in [1.165, 1.54) is 0 Å². The molecule has 1 aliphatic heterocycles. The van der Waals surface area contributed by atoms with Crippen molar-refractivity contribution in [2.24, 2.45) is 0 Å². The highest BCUT2D eigenvalue weighted by Crippen LogP contribution is 2.20. The molecule has 1 unspecified atom stereocenters. The molecular formula is C46H76N8O11S3. The van der Waals surface area contributed by atoms with E-state index in [-0.39, 0.29) is 82.5 Å². The van der Waals surface area contributed by atoms with Crippen LogP contribution >= 0.6 is 24.0 Å². The van der Waals surface area contributed by atoms with Crippen LogP contribution in [0.2, 0.25) is 0 Å². The van der Waals surface area contributed by atoms with Crippen molar-refractivity contribution >= 4 is 74.6 Å². The highest BCUT2D eigenvalue weighted by atomic mass is 32.2. The van der Waals surface area contributed by atoms with Crippen LogP contribution in [-0.2, 0) is 52.9 Å². The Labute approximate surface area is 414 Å². The van der Waals surface area contributed by atoms with Gasteiger partial charge in [0.2, 0.25) is 15.9 Å². The van der Waals surface area contributed by atoms with E-state index in [4.69, 9.17) is 36.4 Å². The maximum atomic E-state index is 14.1. The Bertz CT molecular complexity index is 1940. The molecule has 1 aliphatic rings. The molecule has 0 saturated carbocycles. The SMILES string of the molecule is CC(C)(C)OC(=O)CN1CCN(CC(=O)OC(C)(C)C)CCN(C(CCC(=O)NS(=O)(=O)CCCNC(=S)Nc2ccc(SC#N)cc2)C(=O)OC(C)(C)C)CCN(CC(=O)OC(C)(C)C)CC1. The third-order valence-corrected chi connectivity index (χ3v) is 11.6. The van der Waals surface area contributed by atoms with Crippen LogP contribution in [0.15, 0.2) is 29.2 Å². The number of anilines is 1. The molecular weight excluding hydrogens is 937 g/mol. The predicted octanol–water partition coefficient (Wildman–Crippen LogP) is 4.12. The predicted molar refractivity (Wildman–Crippen MR) is 266 cm³/mol. The van der Waals surface area contributed by atoms with Crippen molar-refractivity contribution in [3.05, 3.63) is 24.3 Å². The number of amides is 1. The molecule has 0 aliphatic carbocycles. The van der Waals surface area contributed by atoms with Gasteiger partial charge in [0.25, 0.3) is 0 Å². The van der Waals surface area contributed by atoms with Crippen LogP contribution in [0.4, 0.5) is 5.69 Å². The largest absolute Gasteiger partial charge is 0.459 e. The van der Waals surface area contributed by atoms with Crippen molar-refractivity contribution in [3.8, 4) is 5.40 Å². The Hall–Kier alpha value is -4.11. The number of sulfonamides is 1. The molecule has 22 heteroatoms. The fourth-order valence-electron chi connectivity index (χ4n) is 6.67. The van der Waals surface area contributed by atoms with Crippen molar-refractivity contribution < 1.29 is 51.3 Å². The summed E-state index contributed by atoms with van der Waals surface area (Å²) >= 11 is 6.35. The van der Waals surface area contributed by atoms with Gasteiger partial charge in [-0.1, -0.05) is 0 Å². The average Bonchev–Trinajstić information content (AvgIpc) is 3.15. The van der Waals surface area contributed by atoms with E-state index in [0.29, 0.717) is 31.9 Å². The van der Waals surface area contributed by atoms with Crippen LogP contribution in [0.3, 0.4) is 0 Å². The van der Waals surface area contributed by atoms with E-state index < -0.39 is 68.3 Å². The number of esters is 4. The molecule has 1 amide bonds. The molecule has 1 heterocycles. The third kappa shape index (κ3) is 27.8. The summed E-state index contributed by atoms with van der Waals surface area (Å²) in [6.07, 6.45) is -0.342. The van der Waals surface area contributed by atoms with Gasteiger partial charge in [-0.05, 0) is 144 Å². The van der Waals surface area contributed by atoms with Gasteiger partial charge in [0.15, 0.2) is 5.11 Å². The summed E-state index contributed by atoms with van der Waals surface area (Å²) < 4.78 is 51.1. The van der Waals surface area contributed by atoms with Gasteiger partial charge >= 0.3 is 23.9 Å². The number of benzene rings is 1. The second-order valence-corrected chi connectivity index (χ2v) is 23.6. The first-order chi connectivity index (χ1) is 31.3. The average molecular weight is 1010 g/mol. The van der Waals surface area contributed by atoms with Crippen LogP contribution < -0.4 is 15.4 Å². The van der Waals surface area contributed by atoms with E-state index in [2.05, 4.69) is 15.4 Å². The van der Waals surface area contributed by atoms with Gasteiger partial charge in [-0.25, -0.2) is 8.42 Å². The van der Waals surface area contributed by atoms with Gasteiger partial charge in [-0.2, -0.15) is 5.26 Å². The lowest BCUT2D eigenvalue weighted by Gasteiger charge is -2.37. The number of hydrogen-bond acceptors (Lipinski definition) is 18. The van der Waals surface area contributed by atoms with Crippen LogP contribution in [0.5, 0.6) is 0 Å². The number of ether oxygens (including phenoxy) is 4. The maximum Gasteiger partial charge on any atom is 0.323 e. The monoisotopic (exact) mass is 1010 g/mol. The standard InChI is InChI=1S/C46H76N8O11S3/c1-43(2,3)62-38(56)30-51-21-23-52(31-39(57)63-44(4,5)6)25-27-54(28-26-53(24-22-51)32-40(58)64-45(7,8)9)36(41(59)65-46(10,11)12)18-19-37(55)50-68(60,61)29-13-20-48-42(66)49-34-14-16-35(17-15-34)67-33-47/h14-17,36H,13,18-32H2,1-12H3,(H,50,55)(H2,48,49,66). The van der Waals surface area contributed by atoms with Crippen molar-refractivity contribution in [1.29, 1.82) is 5.26 Å². The van der Waals surface area contributed by atoms with Gasteiger partial charge in [0.1, 0.15) is 33.8 Å². The Morgan fingerprint density at radius 3 is 1.50 bits per heavy atom. The molecule has 19 nitrogen and oxygen atoms in total. The van der Waals surface area contributed by atoms with Gasteiger partial charge in [0.05, 0.1) is 25.4 Å². The molecule has 1 saturated heterocycles. The van der Waals surface area contributed by atoms with Gasteiger partial charge < -0.3 is 29.6 Å². The van der Waals surface area contributed by atoms with Crippen molar-refractivity contribution in [2.75, 3.05) is 89.6 Å². The summed E-state index contributed by atoms with van der Waals surface area (Å²) in [6.45, 7) is 23.3. The fraction of sp³-hybridized carbons (Fsp3) is 0.717. The summed E-state index contributed by atoms with van der Waals surface area (Å²) in [7, 11) is -4.08. The minimum absolute atomic E-state index is 0.0357. The first-order valence-corrected chi connectivity index (χ1v) is 25.7. The van der Waals surface area contributed by atoms with Gasteiger partial charge in [-0.15, -0.1) is 0 Å². The Morgan fingerprint density at radius 1 is 0.691 bits per heavy atom. The zero-order chi connectivity index (χ0) is 51.5. The summed E-state index contributed by atoms with van der Waals surface area (Å²) in [5, 5.41) is 17.1. The maximum absolute atomic E-state index is 14.1. The van der Waals surface area contributed by atoms with Crippen molar-refractivity contribution in [1.82, 2.24) is 29.6 Å². The lowest BCUT2D eigenvalue weighted by atomic mass is 10.1. The normalized spacial score (nSPS) is 16.2. The van der Waals surface area contributed by atoms with Crippen molar-refractivity contribution in [3.63, 3.8) is 0 Å².